The maximum atomic E-state index is 6.13. The zero-order valence-electron chi connectivity index (χ0n) is 17.0. The molecule has 0 fully saturated rings. The second-order valence-electron chi connectivity index (χ2n) is 7.92. The molecule has 0 saturated carbocycles. The van der Waals surface area contributed by atoms with Crippen molar-refractivity contribution < 1.29 is 0 Å². The molecule has 0 spiro atoms. The van der Waals surface area contributed by atoms with Gasteiger partial charge in [0.15, 0.2) is 0 Å². The van der Waals surface area contributed by atoms with Gasteiger partial charge >= 0.3 is 0 Å². The monoisotopic (exact) mass is 375 g/mol. The normalized spacial score (nSPS) is 13.4. The fourth-order valence-electron chi connectivity index (χ4n) is 4.52. The smallest absolute Gasteiger partial charge is 0.0317 e. The summed E-state index contributed by atoms with van der Waals surface area (Å²) in [5.74, 6) is 0. The average molecular weight is 376 g/mol. The predicted molar refractivity (Wildman–Crippen MR) is 124 cm³/mol. The average Bonchev–Trinajstić information content (AvgIpc) is 2.76. The molecule has 0 aliphatic heterocycles. The van der Waals surface area contributed by atoms with E-state index in [9.17, 15) is 0 Å². The van der Waals surface area contributed by atoms with Gasteiger partial charge in [0.05, 0.1) is 0 Å². The first kappa shape index (κ1) is 17.8. The highest BCUT2D eigenvalue weighted by atomic mass is 14.5. The van der Waals surface area contributed by atoms with Crippen LogP contribution in [0, 0.1) is 0 Å². The van der Waals surface area contributed by atoms with E-state index in [1.807, 2.05) is 6.07 Å². The first-order valence-corrected chi connectivity index (χ1v) is 10.4. The van der Waals surface area contributed by atoms with E-state index in [1.165, 1.54) is 54.6 Å². The topological polar surface area (TPSA) is 26.0 Å². The van der Waals surface area contributed by atoms with E-state index in [-0.39, 0.29) is 0 Å². The number of anilines is 1. The van der Waals surface area contributed by atoms with Crippen LogP contribution >= 0.6 is 0 Å². The van der Waals surface area contributed by atoms with Gasteiger partial charge in [-0.1, -0.05) is 67.6 Å². The molecular formula is C28H25N. The molecule has 0 saturated heterocycles. The molecule has 0 aromatic heterocycles. The van der Waals surface area contributed by atoms with Gasteiger partial charge in [0.1, 0.15) is 0 Å². The Morgan fingerprint density at radius 1 is 0.828 bits per heavy atom. The summed E-state index contributed by atoms with van der Waals surface area (Å²) < 4.78 is 0. The van der Waals surface area contributed by atoms with E-state index in [0.717, 1.165) is 18.5 Å². The number of hydrogen-bond acceptors (Lipinski definition) is 1. The van der Waals surface area contributed by atoms with Gasteiger partial charge in [-0.05, 0) is 92.6 Å². The number of rotatable bonds is 2. The molecule has 4 aromatic rings. The highest BCUT2D eigenvalue weighted by Gasteiger charge is 2.18. The highest BCUT2D eigenvalue weighted by Crippen LogP contribution is 2.32. The summed E-state index contributed by atoms with van der Waals surface area (Å²) in [6.07, 6.45) is 4.15. The van der Waals surface area contributed by atoms with Crippen molar-refractivity contribution in [3.8, 4) is 0 Å². The van der Waals surface area contributed by atoms with Crippen molar-refractivity contribution in [3.05, 3.63) is 111 Å². The summed E-state index contributed by atoms with van der Waals surface area (Å²) in [4.78, 5) is 0. The lowest BCUT2D eigenvalue weighted by Gasteiger charge is -2.21. The molecule has 142 valence electrons. The quantitative estimate of drug-likeness (QED) is 0.435. The van der Waals surface area contributed by atoms with E-state index >= 15 is 0 Å². The summed E-state index contributed by atoms with van der Waals surface area (Å²) in [5, 5.41) is 5.19. The number of aryl methyl sites for hydroxylation is 1. The molecule has 0 atom stereocenters. The first-order chi connectivity index (χ1) is 14.2. The summed E-state index contributed by atoms with van der Waals surface area (Å²) in [6.45, 7) is 4.30. The molecule has 5 rings (SSSR count). The highest BCUT2D eigenvalue weighted by molar-refractivity contribution is 5.91. The van der Waals surface area contributed by atoms with Gasteiger partial charge in [0.2, 0.25) is 0 Å². The largest absolute Gasteiger partial charge is 0.399 e. The van der Waals surface area contributed by atoms with Crippen LogP contribution in [0.5, 0.6) is 0 Å². The van der Waals surface area contributed by atoms with Crippen LogP contribution in [0.1, 0.15) is 41.7 Å². The molecule has 1 aliphatic rings. The Hall–Kier alpha value is -3.32. The van der Waals surface area contributed by atoms with Crippen LogP contribution in [0.25, 0.3) is 22.4 Å². The van der Waals surface area contributed by atoms with E-state index in [2.05, 4.69) is 86.7 Å². The lowest BCUT2D eigenvalue weighted by atomic mass is 9.82. The third-order valence-corrected chi connectivity index (χ3v) is 6.11. The van der Waals surface area contributed by atoms with Crippen LogP contribution in [-0.2, 0) is 12.8 Å². The molecule has 29 heavy (non-hydrogen) atoms. The van der Waals surface area contributed by atoms with Crippen LogP contribution in [0.3, 0.4) is 0 Å². The van der Waals surface area contributed by atoms with Crippen molar-refractivity contribution in [2.24, 2.45) is 0 Å². The lowest BCUT2D eigenvalue weighted by molar-refractivity contribution is 1.12. The Labute approximate surface area is 171 Å². The Kier molecular flexibility index (Phi) is 4.24. The minimum Gasteiger partial charge on any atom is -0.399 e. The Morgan fingerprint density at radius 2 is 1.66 bits per heavy atom. The van der Waals surface area contributed by atoms with Crippen molar-refractivity contribution >= 4 is 28.1 Å². The van der Waals surface area contributed by atoms with Gasteiger partial charge in [-0.3, -0.25) is 0 Å². The Balaban J connectivity index is 1.82. The number of nitrogens with two attached hydrogens (primary N) is 1. The fourth-order valence-corrected chi connectivity index (χ4v) is 4.52. The summed E-state index contributed by atoms with van der Waals surface area (Å²) in [5.41, 5.74) is 14.9. The third-order valence-electron chi connectivity index (χ3n) is 6.11. The van der Waals surface area contributed by atoms with Gasteiger partial charge in [-0.15, -0.1) is 0 Å². The molecule has 0 bridgehead atoms. The molecule has 0 radical (unpaired) electrons. The second-order valence-corrected chi connectivity index (χ2v) is 7.92. The predicted octanol–water partition coefficient (Wildman–Crippen LogP) is 4.94. The number of fused-ring (bicyclic) bond motifs is 3. The van der Waals surface area contributed by atoms with E-state index in [1.54, 1.807) is 0 Å². The first-order valence-electron chi connectivity index (χ1n) is 10.4. The SMILES string of the molecule is C/C=c1/ccc2c(c1)Cc1cc(N)ccc1C=2c1ccc2cc(CC)ccc2c1. The van der Waals surface area contributed by atoms with Crippen molar-refractivity contribution in [1.29, 1.82) is 0 Å². The van der Waals surface area contributed by atoms with E-state index in [0.29, 0.717) is 0 Å². The van der Waals surface area contributed by atoms with Crippen LogP contribution in [-0.4, -0.2) is 0 Å². The fraction of sp³-hybridized carbons (Fsp3) is 0.143. The molecule has 1 heteroatoms. The third kappa shape index (κ3) is 3.03. The molecule has 1 aliphatic carbocycles. The van der Waals surface area contributed by atoms with Gasteiger partial charge in [-0.25, -0.2) is 0 Å². The van der Waals surface area contributed by atoms with Gasteiger partial charge < -0.3 is 5.73 Å². The molecule has 2 N–H and O–H groups in total. The molecule has 1 nitrogen and oxygen atoms in total. The number of nitrogen functional groups attached to an aromatic ring is 1. The molecule has 0 unspecified atom stereocenters. The van der Waals surface area contributed by atoms with Crippen molar-refractivity contribution in [3.63, 3.8) is 0 Å². The van der Waals surface area contributed by atoms with Crippen molar-refractivity contribution in [2.75, 3.05) is 5.73 Å². The minimum absolute atomic E-state index is 0.829. The van der Waals surface area contributed by atoms with Crippen molar-refractivity contribution in [2.45, 2.75) is 26.7 Å². The van der Waals surface area contributed by atoms with Gasteiger partial charge in [-0.2, -0.15) is 0 Å². The number of benzene rings is 4. The van der Waals surface area contributed by atoms with E-state index < -0.39 is 0 Å². The molecule has 4 aromatic carbocycles. The van der Waals surface area contributed by atoms with Crippen LogP contribution in [0.15, 0.2) is 72.8 Å². The second kappa shape index (κ2) is 6.93. The summed E-state index contributed by atoms with van der Waals surface area (Å²) in [7, 11) is 0. The molecule has 0 heterocycles. The van der Waals surface area contributed by atoms with Crippen molar-refractivity contribution in [1.82, 2.24) is 0 Å². The summed E-state index contributed by atoms with van der Waals surface area (Å²) >= 11 is 0. The Bertz CT molecular complexity index is 1380. The van der Waals surface area contributed by atoms with Gasteiger partial charge in [0, 0.05) is 5.69 Å². The van der Waals surface area contributed by atoms with Crippen LogP contribution < -0.4 is 16.2 Å². The summed E-state index contributed by atoms with van der Waals surface area (Å²) in [6, 6.07) is 26.8. The van der Waals surface area contributed by atoms with Crippen LogP contribution in [0.2, 0.25) is 0 Å². The maximum Gasteiger partial charge on any atom is 0.0317 e. The van der Waals surface area contributed by atoms with Crippen LogP contribution in [0.4, 0.5) is 5.69 Å². The zero-order chi connectivity index (χ0) is 20.0. The standard InChI is InChI=1S/C28H25N/c1-3-18-5-7-21-15-22(9-8-20(21)13-18)28-26-11-6-19(4-2)14-23(26)16-24-17-25(29)10-12-27(24)28/h4-15,17H,3,16,29H2,1-2H3/b19-4-. The molecule has 0 amide bonds. The number of hydrogen-bond donors (Lipinski definition) is 1. The lowest BCUT2D eigenvalue weighted by Crippen LogP contribution is -2.23. The zero-order valence-corrected chi connectivity index (χ0v) is 17.0. The minimum atomic E-state index is 0.829. The maximum absolute atomic E-state index is 6.13. The molecular weight excluding hydrogens is 350 g/mol. The van der Waals surface area contributed by atoms with E-state index in [4.69, 9.17) is 5.73 Å². The Morgan fingerprint density at radius 3 is 2.48 bits per heavy atom. The van der Waals surface area contributed by atoms with Gasteiger partial charge in [0.25, 0.3) is 0 Å².